The van der Waals surface area contributed by atoms with Crippen LogP contribution in [0.15, 0.2) is 35.4 Å². The maximum absolute atomic E-state index is 13.3. The Hall–Kier alpha value is -1.86. The molecule has 2 aromatic rings. The number of aromatic nitrogens is 1. The monoisotopic (exact) mass is 497 g/mol. The largest absolute Gasteiger partial charge is 0.353 e. The summed E-state index contributed by atoms with van der Waals surface area (Å²) in [5.74, 6) is 2.64. The molecular formula is C28H39N3O3S. The Kier molecular flexibility index (Phi) is 5.79. The van der Waals surface area contributed by atoms with Gasteiger partial charge in [-0.3, -0.25) is 4.79 Å². The lowest BCUT2D eigenvalue weighted by molar-refractivity contribution is -0.130. The molecule has 0 radical (unpaired) electrons. The highest BCUT2D eigenvalue weighted by Gasteiger charge is 2.53. The Bertz CT molecular complexity index is 1190. The van der Waals surface area contributed by atoms with Gasteiger partial charge in [0.25, 0.3) is 0 Å². The van der Waals surface area contributed by atoms with E-state index < -0.39 is 10.0 Å². The van der Waals surface area contributed by atoms with Crippen molar-refractivity contribution in [1.29, 1.82) is 0 Å². The van der Waals surface area contributed by atoms with E-state index in [1.165, 1.54) is 38.5 Å². The third-order valence-corrected chi connectivity index (χ3v) is 11.8. The van der Waals surface area contributed by atoms with Crippen LogP contribution in [-0.2, 0) is 21.4 Å². The van der Waals surface area contributed by atoms with E-state index in [0.717, 1.165) is 35.2 Å². The quantitative estimate of drug-likeness (QED) is 0.624. The summed E-state index contributed by atoms with van der Waals surface area (Å²) in [6, 6.07) is 7.59. The van der Waals surface area contributed by atoms with E-state index >= 15 is 0 Å². The molecule has 6 nitrogen and oxygen atoms in total. The molecule has 7 heteroatoms. The normalized spacial score (nSPS) is 32.2. The number of nitrogens with one attached hydrogen (secondary N) is 1. The van der Waals surface area contributed by atoms with E-state index in [1.807, 2.05) is 18.3 Å². The van der Waals surface area contributed by atoms with E-state index in [-0.39, 0.29) is 17.9 Å². The van der Waals surface area contributed by atoms with Crippen molar-refractivity contribution in [2.45, 2.75) is 82.7 Å². The van der Waals surface area contributed by atoms with Crippen LogP contribution in [0.5, 0.6) is 0 Å². The molecule has 2 heterocycles. The number of piperidine rings is 1. The third kappa shape index (κ3) is 4.03. The summed E-state index contributed by atoms with van der Waals surface area (Å²) in [4.78, 5) is 13.6. The zero-order chi connectivity index (χ0) is 24.4. The van der Waals surface area contributed by atoms with Crippen LogP contribution in [0.25, 0.3) is 10.9 Å². The van der Waals surface area contributed by atoms with Gasteiger partial charge in [-0.15, -0.1) is 0 Å². The van der Waals surface area contributed by atoms with E-state index in [2.05, 4.69) is 23.7 Å². The predicted octanol–water partition coefficient (Wildman–Crippen LogP) is 4.78. The number of carbonyl (C=O) groups excluding carboxylic acids is 1. The summed E-state index contributed by atoms with van der Waals surface area (Å²) in [7, 11) is -3.56. The summed E-state index contributed by atoms with van der Waals surface area (Å²) >= 11 is 0. The summed E-state index contributed by atoms with van der Waals surface area (Å²) < 4.78 is 30.4. The zero-order valence-electron chi connectivity index (χ0n) is 21.1. The maximum Gasteiger partial charge on any atom is 0.243 e. The number of sulfonamides is 1. The number of fused-ring (bicyclic) bond motifs is 1. The molecule has 1 atom stereocenters. The topological polar surface area (TPSA) is 71.4 Å². The maximum atomic E-state index is 13.3. The van der Waals surface area contributed by atoms with Crippen molar-refractivity contribution in [2.24, 2.45) is 29.1 Å². The molecule has 1 aromatic carbocycles. The van der Waals surface area contributed by atoms with Gasteiger partial charge in [-0.25, -0.2) is 8.42 Å². The van der Waals surface area contributed by atoms with Gasteiger partial charge in [0, 0.05) is 48.7 Å². The summed E-state index contributed by atoms with van der Waals surface area (Å²) in [6.07, 6.45) is 11.2. The van der Waals surface area contributed by atoms with Crippen molar-refractivity contribution in [3.63, 3.8) is 0 Å². The van der Waals surface area contributed by atoms with Crippen molar-refractivity contribution >= 4 is 26.8 Å². The van der Waals surface area contributed by atoms with Crippen molar-refractivity contribution < 1.29 is 13.2 Å². The number of rotatable bonds is 6. The molecule has 1 N–H and O–H groups in total. The summed E-state index contributed by atoms with van der Waals surface area (Å²) in [5, 5.41) is 4.36. The van der Waals surface area contributed by atoms with Crippen LogP contribution < -0.4 is 5.32 Å². The van der Waals surface area contributed by atoms with E-state index in [4.69, 9.17) is 0 Å². The van der Waals surface area contributed by atoms with Gasteiger partial charge in [0.05, 0.1) is 4.90 Å². The molecule has 1 saturated heterocycles. The van der Waals surface area contributed by atoms with Crippen LogP contribution in [0.2, 0.25) is 0 Å². The Morgan fingerprint density at radius 1 is 1.06 bits per heavy atom. The molecule has 1 aromatic heterocycles. The van der Waals surface area contributed by atoms with Crippen LogP contribution >= 0.6 is 0 Å². The molecular weight excluding hydrogens is 458 g/mol. The second-order valence-electron chi connectivity index (χ2n) is 12.0. The Labute approximate surface area is 209 Å². The summed E-state index contributed by atoms with van der Waals surface area (Å²) in [5.41, 5.74) is 1.35. The molecule has 1 amide bonds. The number of amides is 1. The molecule has 7 rings (SSSR count). The zero-order valence-corrected chi connectivity index (χ0v) is 21.9. The van der Waals surface area contributed by atoms with Gasteiger partial charge in [0.15, 0.2) is 0 Å². The second kappa shape index (κ2) is 8.62. The number of carbonyl (C=O) groups is 1. The van der Waals surface area contributed by atoms with Gasteiger partial charge >= 0.3 is 0 Å². The van der Waals surface area contributed by atoms with Crippen LogP contribution in [-0.4, -0.2) is 42.3 Å². The van der Waals surface area contributed by atoms with Crippen molar-refractivity contribution in [2.75, 3.05) is 13.1 Å². The first-order valence-electron chi connectivity index (χ1n) is 13.7. The fourth-order valence-corrected chi connectivity index (χ4v) is 9.82. The highest BCUT2D eigenvalue weighted by molar-refractivity contribution is 7.89. The van der Waals surface area contributed by atoms with Crippen LogP contribution in [0.4, 0.5) is 0 Å². The van der Waals surface area contributed by atoms with Gasteiger partial charge in [-0.05, 0) is 113 Å². The fraction of sp³-hybridized carbons (Fsp3) is 0.679. The lowest BCUT2D eigenvalue weighted by atomic mass is 9.48. The minimum absolute atomic E-state index is 0.0983. The highest BCUT2D eigenvalue weighted by Crippen LogP contribution is 2.61. The van der Waals surface area contributed by atoms with Crippen LogP contribution in [0, 0.1) is 29.1 Å². The molecule has 5 aliphatic rings. The van der Waals surface area contributed by atoms with Crippen LogP contribution in [0.1, 0.15) is 65.2 Å². The third-order valence-electron chi connectivity index (χ3n) is 9.91. The van der Waals surface area contributed by atoms with Crippen molar-refractivity contribution in [3.05, 3.63) is 30.5 Å². The molecule has 35 heavy (non-hydrogen) atoms. The van der Waals surface area contributed by atoms with Gasteiger partial charge in [-0.2, -0.15) is 4.31 Å². The lowest BCUT2D eigenvalue weighted by Crippen LogP contribution is -2.56. The molecule has 5 fully saturated rings. The molecule has 4 aliphatic carbocycles. The number of aryl methyl sites for hydroxylation is 1. The predicted molar refractivity (Wildman–Crippen MR) is 137 cm³/mol. The first-order valence-corrected chi connectivity index (χ1v) is 15.1. The molecule has 190 valence electrons. The fourth-order valence-electron chi connectivity index (χ4n) is 8.31. The number of hydrogen-bond acceptors (Lipinski definition) is 3. The second-order valence-corrected chi connectivity index (χ2v) is 13.9. The standard InChI is InChI=1S/C28H39N3O3S/c1-3-30-9-6-24-15-25(4-5-26(24)30)35(33,34)31-10-7-23(8-11-31)27(32)29-19(2)28-16-20-12-21(17-28)14-22(13-20)18-28/h4-6,9,15,19-23H,3,7-8,10-14,16-18H2,1-2H3,(H,29,32)/t19-,20?,21?,22?,28?/m1/s1. The van der Waals surface area contributed by atoms with E-state index in [1.54, 1.807) is 16.4 Å². The van der Waals surface area contributed by atoms with Gasteiger partial charge in [0.2, 0.25) is 15.9 Å². The van der Waals surface area contributed by atoms with Crippen molar-refractivity contribution in [1.82, 2.24) is 14.2 Å². The molecule has 0 unspecified atom stereocenters. The minimum atomic E-state index is -3.56. The number of hydrogen-bond donors (Lipinski definition) is 1. The Balaban J connectivity index is 1.08. The number of nitrogens with zero attached hydrogens (tertiary/aromatic N) is 2. The van der Waals surface area contributed by atoms with E-state index in [0.29, 0.717) is 36.2 Å². The average molecular weight is 498 g/mol. The summed E-state index contributed by atoms with van der Waals surface area (Å²) in [6.45, 7) is 5.97. The highest BCUT2D eigenvalue weighted by atomic mass is 32.2. The lowest BCUT2D eigenvalue weighted by Gasteiger charge is -2.59. The van der Waals surface area contributed by atoms with Gasteiger partial charge in [0.1, 0.15) is 0 Å². The Morgan fingerprint density at radius 2 is 1.69 bits per heavy atom. The smallest absolute Gasteiger partial charge is 0.243 e. The van der Waals surface area contributed by atoms with E-state index in [9.17, 15) is 13.2 Å². The Morgan fingerprint density at radius 3 is 2.29 bits per heavy atom. The van der Waals surface area contributed by atoms with Gasteiger partial charge < -0.3 is 9.88 Å². The first-order chi connectivity index (χ1) is 16.8. The molecule has 4 saturated carbocycles. The number of benzene rings is 1. The molecule has 0 spiro atoms. The van der Waals surface area contributed by atoms with Gasteiger partial charge in [-0.1, -0.05) is 0 Å². The van der Waals surface area contributed by atoms with Crippen LogP contribution in [0.3, 0.4) is 0 Å². The average Bonchev–Trinajstić information content (AvgIpc) is 3.25. The molecule has 4 bridgehead atoms. The SMILES string of the molecule is CCn1ccc2cc(S(=O)(=O)N3CCC(C(=O)N[C@H](C)C45CC6CC(CC(C6)C4)C5)CC3)ccc21. The minimum Gasteiger partial charge on any atom is -0.353 e. The first kappa shape index (κ1) is 23.5. The van der Waals surface area contributed by atoms with Crippen molar-refractivity contribution in [3.8, 4) is 0 Å². The molecule has 1 aliphatic heterocycles.